The second-order valence-electron chi connectivity index (χ2n) is 4.00. The van der Waals surface area contributed by atoms with Crippen LogP contribution < -0.4 is 5.06 Å². The summed E-state index contributed by atoms with van der Waals surface area (Å²) in [5, 5.41) is 1.73. The van der Waals surface area contributed by atoms with Crippen molar-refractivity contribution in [1.82, 2.24) is 0 Å². The standard InChI is InChI=1S/C12H15NO3/c1-12(11(14)15-2)8-9-13(16-12)10-6-4-3-5-7-10/h3-7H,8-9H2,1-2H3. The van der Waals surface area contributed by atoms with E-state index in [0.717, 1.165) is 5.69 Å². The molecule has 0 saturated carbocycles. The minimum absolute atomic E-state index is 0.328. The van der Waals surface area contributed by atoms with Gasteiger partial charge in [0.15, 0.2) is 5.60 Å². The molecule has 0 bridgehead atoms. The van der Waals surface area contributed by atoms with E-state index < -0.39 is 5.60 Å². The van der Waals surface area contributed by atoms with Crippen molar-refractivity contribution in [2.75, 3.05) is 18.7 Å². The van der Waals surface area contributed by atoms with Gasteiger partial charge in [0.05, 0.1) is 12.8 Å². The largest absolute Gasteiger partial charge is 0.467 e. The van der Waals surface area contributed by atoms with Crippen LogP contribution >= 0.6 is 0 Å². The Morgan fingerprint density at radius 2 is 2.12 bits per heavy atom. The van der Waals surface area contributed by atoms with Crippen molar-refractivity contribution in [1.29, 1.82) is 0 Å². The molecule has 0 radical (unpaired) electrons. The first kappa shape index (κ1) is 11.0. The zero-order valence-corrected chi connectivity index (χ0v) is 9.47. The molecule has 0 aliphatic carbocycles. The number of ether oxygens (including phenoxy) is 1. The minimum atomic E-state index is -0.857. The van der Waals surface area contributed by atoms with Gasteiger partial charge in [0, 0.05) is 13.0 Å². The summed E-state index contributed by atoms with van der Waals surface area (Å²) in [5.41, 5.74) is 0.0973. The van der Waals surface area contributed by atoms with E-state index in [1.165, 1.54) is 7.11 Å². The first-order chi connectivity index (χ1) is 7.65. The molecule has 1 fully saturated rings. The average Bonchev–Trinajstić information content (AvgIpc) is 2.73. The van der Waals surface area contributed by atoms with Gasteiger partial charge in [-0.2, -0.15) is 0 Å². The number of hydroxylamine groups is 1. The van der Waals surface area contributed by atoms with Crippen molar-refractivity contribution in [2.45, 2.75) is 18.9 Å². The first-order valence-corrected chi connectivity index (χ1v) is 5.26. The molecule has 0 aromatic heterocycles. The number of hydrogen-bond donors (Lipinski definition) is 0. The van der Waals surface area contributed by atoms with Crippen molar-refractivity contribution in [3.63, 3.8) is 0 Å². The van der Waals surface area contributed by atoms with E-state index >= 15 is 0 Å². The summed E-state index contributed by atoms with van der Waals surface area (Å²) in [4.78, 5) is 17.2. The highest BCUT2D eigenvalue weighted by atomic mass is 16.7. The first-order valence-electron chi connectivity index (χ1n) is 5.26. The molecule has 86 valence electrons. The smallest absolute Gasteiger partial charge is 0.340 e. The van der Waals surface area contributed by atoms with E-state index in [1.807, 2.05) is 30.3 Å². The number of methoxy groups -OCH3 is 1. The monoisotopic (exact) mass is 221 g/mol. The molecule has 4 heteroatoms. The highest BCUT2D eigenvalue weighted by Crippen LogP contribution is 2.30. The van der Waals surface area contributed by atoms with E-state index in [4.69, 9.17) is 9.57 Å². The maximum atomic E-state index is 11.5. The topological polar surface area (TPSA) is 38.8 Å². The summed E-state index contributed by atoms with van der Waals surface area (Å²) in [6.45, 7) is 2.44. The van der Waals surface area contributed by atoms with Crippen LogP contribution in [0.2, 0.25) is 0 Å². The Morgan fingerprint density at radius 3 is 2.75 bits per heavy atom. The van der Waals surface area contributed by atoms with Crippen molar-refractivity contribution in [2.24, 2.45) is 0 Å². The fourth-order valence-electron chi connectivity index (χ4n) is 1.78. The Kier molecular flexibility index (Phi) is 2.83. The Morgan fingerprint density at radius 1 is 1.44 bits per heavy atom. The molecule has 4 nitrogen and oxygen atoms in total. The van der Waals surface area contributed by atoms with Gasteiger partial charge in [-0.1, -0.05) is 18.2 Å². The van der Waals surface area contributed by atoms with Gasteiger partial charge in [0.2, 0.25) is 0 Å². The second kappa shape index (κ2) is 4.14. The summed E-state index contributed by atoms with van der Waals surface area (Å²) >= 11 is 0. The highest BCUT2D eigenvalue weighted by Gasteiger charge is 2.43. The number of esters is 1. The highest BCUT2D eigenvalue weighted by molar-refractivity contribution is 5.79. The van der Waals surface area contributed by atoms with E-state index in [1.54, 1.807) is 12.0 Å². The third kappa shape index (κ3) is 1.88. The summed E-state index contributed by atoms with van der Waals surface area (Å²) in [7, 11) is 1.38. The van der Waals surface area contributed by atoms with Gasteiger partial charge in [-0.25, -0.2) is 4.79 Å². The predicted molar refractivity (Wildman–Crippen MR) is 59.9 cm³/mol. The van der Waals surface area contributed by atoms with E-state index in [-0.39, 0.29) is 5.97 Å². The molecular formula is C12H15NO3. The second-order valence-corrected chi connectivity index (χ2v) is 4.00. The fourth-order valence-corrected chi connectivity index (χ4v) is 1.78. The molecule has 1 saturated heterocycles. The lowest BCUT2D eigenvalue weighted by atomic mass is 10.0. The van der Waals surface area contributed by atoms with Gasteiger partial charge in [0.1, 0.15) is 0 Å². The molecule has 0 amide bonds. The lowest BCUT2D eigenvalue weighted by Gasteiger charge is -2.23. The van der Waals surface area contributed by atoms with Gasteiger partial charge in [-0.3, -0.25) is 9.90 Å². The SMILES string of the molecule is COC(=O)C1(C)CCN(c2ccccc2)O1. The van der Waals surface area contributed by atoms with E-state index in [9.17, 15) is 4.79 Å². The van der Waals surface area contributed by atoms with Gasteiger partial charge < -0.3 is 4.74 Å². The normalized spacial score (nSPS) is 24.5. The van der Waals surface area contributed by atoms with Crippen LogP contribution in [0, 0.1) is 0 Å². The average molecular weight is 221 g/mol. The molecule has 2 rings (SSSR count). The Labute approximate surface area is 94.7 Å². The molecule has 1 unspecified atom stereocenters. The van der Waals surface area contributed by atoms with Gasteiger partial charge in [-0.05, 0) is 19.1 Å². The Hall–Kier alpha value is -1.55. The predicted octanol–water partition coefficient (Wildman–Crippen LogP) is 1.76. The lowest BCUT2D eigenvalue weighted by Crippen LogP contribution is -2.37. The molecule has 1 aromatic carbocycles. The summed E-state index contributed by atoms with van der Waals surface area (Å²) < 4.78 is 4.73. The number of para-hydroxylation sites is 1. The van der Waals surface area contributed by atoms with Crippen LogP contribution in [-0.2, 0) is 14.4 Å². The van der Waals surface area contributed by atoms with Crippen LogP contribution in [0.15, 0.2) is 30.3 Å². The molecule has 1 aliphatic heterocycles. The zero-order valence-electron chi connectivity index (χ0n) is 9.47. The van der Waals surface area contributed by atoms with E-state index in [2.05, 4.69) is 0 Å². The van der Waals surface area contributed by atoms with Crippen LogP contribution in [0.1, 0.15) is 13.3 Å². The van der Waals surface area contributed by atoms with E-state index in [0.29, 0.717) is 13.0 Å². The molecule has 1 atom stereocenters. The quantitative estimate of drug-likeness (QED) is 0.713. The fraction of sp³-hybridized carbons (Fsp3) is 0.417. The molecule has 0 spiro atoms. The maximum absolute atomic E-state index is 11.5. The third-order valence-electron chi connectivity index (χ3n) is 2.76. The number of benzene rings is 1. The van der Waals surface area contributed by atoms with Gasteiger partial charge in [-0.15, -0.1) is 0 Å². The molecular weight excluding hydrogens is 206 g/mol. The van der Waals surface area contributed by atoms with Crippen molar-refractivity contribution in [3.8, 4) is 0 Å². The number of rotatable bonds is 2. The Bertz CT molecular complexity index is 379. The van der Waals surface area contributed by atoms with Crippen LogP contribution in [0.5, 0.6) is 0 Å². The number of hydrogen-bond acceptors (Lipinski definition) is 4. The lowest BCUT2D eigenvalue weighted by molar-refractivity contribution is -0.163. The molecule has 16 heavy (non-hydrogen) atoms. The van der Waals surface area contributed by atoms with Crippen molar-refractivity contribution >= 4 is 11.7 Å². The van der Waals surface area contributed by atoms with Gasteiger partial charge in [0.25, 0.3) is 0 Å². The van der Waals surface area contributed by atoms with Crippen LogP contribution in [-0.4, -0.2) is 25.2 Å². The molecule has 1 heterocycles. The third-order valence-corrected chi connectivity index (χ3v) is 2.76. The van der Waals surface area contributed by atoms with Crippen molar-refractivity contribution < 1.29 is 14.4 Å². The molecule has 1 aliphatic rings. The minimum Gasteiger partial charge on any atom is -0.467 e. The van der Waals surface area contributed by atoms with Crippen LogP contribution in [0.4, 0.5) is 5.69 Å². The zero-order chi connectivity index (χ0) is 11.6. The maximum Gasteiger partial charge on any atom is 0.340 e. The number of anilines is 1. The van der Waals surface area contributed by atoms with Crippen molar-refractivity contribution in [3.05, 3.63) is 30.3 Å². The molecule has 0 N–H and O–H groups in total. The van der Waals surface area contributed by atoms with Gasteiger partial charge >= 0.3 is 5.97 Å². The number of carbonyl (C=O) groups excluding carboxylic acids is 1. The molecule has 1 aromatic rings. The number of carbonyl (C=O) groups is 1. The van der Waals surface area contributed by atoms with Crippen LogP contribution in [0.3, 0.4) is 0 Å². The van der Waals surface area contributed by atoms with Crippen LogP contribution in [0.25, 0.3) is 0 Å². The Balaban J connectivity index is 2.12. The summed E-state index contributed by atoms with van der Waals surface area (Å²) in [6.07, 6.45) is 0.633. The number of nitrogens with zero attached hydrogens (tertiary/aromatic N) is 1. The summed E-state index contributed by atoms with van der Waals surface area (Å²) in [5.74, 6) is -0.328. The summed E-state index contributed by atoms with van der Waals surface area (Å²) in [6, 6.07) is 9.71.